The third kappa shape index (κ3) is 9.92. The molecule has 16 nitrogen and oxygen atoms in total. The van der Waals surface area contributed by atoms with Crippen LogP contribution in [-0.4, -0.2) is 129 Å². The summed E-state index contributed by atoms with van der Waals surface area (Å²) in [5.41, 5.74) is -0.856. The summed E-state index contributed by atoms with van der Waals surface area (Å²) in [6.45, 7) is 7.41. The van der Waals surface area contributed by atoms with Crippen molar-refractivity contribution in [2.45, 2.75) is 71.1 Å². The number of amides is 4. The number of likely N-dealkylation sites (tertiary alicyclic amines) is 1. The van der Waals surface area contributed by atoms with Crippen molar-refractivity contribution < 1.29 is 52.5 Å². The van der Waals surface area contributed by atoms with Gasteiger partial charge in [0.2, 0.25) is 11.8 Å². The third-order valence-electron chi connectivity index (χ3n) is 7.94. The minimum Gasteiger partial charge on any atom is -0.480 e. The Hall–Kier alpha value is -5.22. The first-order chi connectivity index (χ1) is 23.7. The molecule has 0 aliphatic carbocycles. The highest BCUT2D eigenvalue weighted by atomic mass is 19.1. The first kappa shape index (κ1) is 37.6. The number of carboxylic acids is 1. The fourth-order valence-electron chi connectivity index (χ4n) is 5.60. The van der Waals surface area contributed by atoms with Crippen molar-refractivity contribution in [3.05, 3.63) is 41.8 Å². The van der Waals surface area contributed by atoms with E-state index in [9.17, 15) is 38.3 Å². The van der Waals surface area contributed by atoms with E-state index in [0.29, 0.717) is 12.8 Å². The van der Waals surface area contributed by atoms with Crippen LogP contribution in [-0.2, 0) is 28.7 Å². The maximum atomic E-state index is 14.2. The van der Waals surface area contributed by atoms with Crippen LogP contribution in [0.1, 0.15) is 63.9 Å². The summed E-state index contributed by atoms with van der Waals surface area (Å²) in [5, 5.41) is 16.4. The van der Waals surface area contributed by atoms with Gasteiger partial charge in [-0.1, -0.05) is 6.07 Å². The van der Waals surface area contributed by atoms with Crippen LogP contribution in [0.2, 0.25) is 0 Å². The SMILES string of the molecule is CCOC(=O)N1CCN(C(=O)C(CCC(=O)OC(C)(C)C)NC(=O)c2cc(OCC(=O)N3CCCC3C(=O)O)n(-c3cccc(F)c3)n2)CC1. The van der Waals surface area contributed by atoms with Crippen molar-refractivity contribution in [2.24, 2.45) is 0 Å². The van der Waals surface area contributed by atoms with Crippen LogP contribution in [0.25, 0.3) is 5.69 Å². The molecule has 4 amide bonds. The Morgan fingerprint density at radius 1 is 1.04 bits per heavy atom. The number of ether oxygens (including phenoxy) is 3. The number of carboxylic acid groups (broad SMARTS) is 1. The number of carbonyl (C=O) groups excluding carboxylic acids is 5. The molecule has 2 aliphatic heterocycles. The molecule has 4 rings (SSSR count). The summed E-state index contributed by atoms with van der Waals surface area (Å²) in [5.74, 6) is -4.34. The van der Waals surface area contributed by atoms with Gasteiger partial charge in [-0.3, -0.25) is 19.2 Å². The Morgan fingerprint density at radius 3 is 2.38 bits per heavy atom. The minimum absolute atomic E-state index is 0.110. The maximum absolute atomic E-state index is 14.2. The van der Waals surface area contributed by atoms with Crippen LogP contribution in [0.3, 0.4) is 0 Å². The minimum atomic E-state index is -1.20. The van der Waals surface area contributed by atoms with E-state index in [1.807, 2.05) is 0 Å². The molecule has 2 N–H and O–H groups in total. The van der Waals surface area contributed by atoms with E-state index in [2.05, 4.69) is 10.4 Å². The predicted octanol–water partition coefficient (Wildman–Crippen LogP) is 1.99. The zero-order chi connectivity index (χ0) is 36.6. The Bertz CT molecular complexity index is 1580. The van der Waals surface area contributed by atoms with Gasteiger partial charge in [-0.15, -0.1) is 0 Å². The van der Waals surface area contributed by atoms with Gasteiger partial charge in [0.25, 0.3) is 11.8 Å². The van der Waals surface area contributed by atoms with Crippen molar-refractivity contribution in [1.29, 1.82) is 0 Å². The van der Waals surface area contributed by atoms with E-state index >= 15 is 0 Å². The van der Waals surface area contributed by atoms with E-state index in [1.165, 1.54) is 39.0 Å². The Balaban J connectivity index is 1.54. The van der Waals surface area contributed by atoms with Gasteiger partial charge in [0, 0.05) is 45.2 Å². The predicted molar refractivity (Wildman–Crippen MR) is 173 cm³/mol. The average Bonchev–Trinajstić information content (AvgIpc) is 3.73. The van der Waals surface area contributed by atoms with Gasteiger partial charge in [-0.05, 0) is 65.2 Å². The van der Waals surface area contributed by atoms with Gasteiger partial charge >= 0.3 is 18.0 Å². The van der Waals surface area contributed by atoms with Crippen LogP contribution >= 0.6 is 0 Å². The lowest BCUT2D eigenvalue weighted by Gasteiger charge is -2.36. The number of rotatable bonds is 12. The molecule has 272 valence electrons. The molecule has 0 bridgehead atoms. The van der Waals surface area contributed by atoms with Crippen LogP contribution in [0.15, 0.2) is 30.3 Å². The number of hydrogen-bond acceptors (Lipinski definition) is 10. The molecule has 0 spiro atoms. The van der Waals surface area contributed by atoms with Gasteiger partial charge in [0.15, 0.2) is 12.3 Å². The quantitative estimate of drug-likeness (QED) is 0.308. The number of nitrogens with zero attached hydrogens (tertiary/aromatic N) is 5. The summed E-state index contributed by atoms with van der Waals surface area (Å²) in [6, 6.07) is 4.28. The zero-order valence-corrected chi connectivity index (χ0v) is 28.6. The lowest BCUT2D eigenvalue weighted by Crippen LogP contribution is -2.56. The molecule has 2 fully saturated rings. The topological polar surface area (TPSA) is 190 Å². The Morgan fingerprint density at radius 2 is 1.74 bits per heavy atom. The standard InChI is InChI=1S/C33H43FN6O10/c1-5-48-32(47)38-16-14-37(15-17-38)30(44)23(11-12-28(42)50-33(2,3)4)35-29(43)24-19-27(40(36-24)22-9-6-8-21(34)18-22)49-20-26(41)39-13-7-10-25(39)31(45)46/h6,8-9,18-19,23,25H,5,7,10-17,20H2,1-4H3,(H,35,43)(H,45,46). The van der Waals surface area contributed by atoms with Crippen molar-refractivity contribution in [3.8, 4) is 11.6 Å². The molecular formula is C33H43FN6O10. The average molecular weight is 703 g/mol. The van der Waals surface area contributed by atoms with Crippen molar-refractivity contribution in [2.75, 3.05) is 45.9 Å². The number of benzene rings is 1. The van der Waals surface area contributed by atoms with Gasteiger partial charge in [-0.2, -0.15) is 5.10 Å². The number of esters is 1. The molecule has 1 aromatic carbocycles. The van der Waals surface area contributed by atoms with Crippen molar-refractivity contribution in [3.63, 3.8) is 0 Å². The van der Waals surface area contributed by atoms with Gasteiger partial charge in [-0.25, -0.2) is 18.7 Å². The summed E-state index contributed by atoms with van der Waals surface area (Å²) < 4.78 is 31.5. The van der Waals surface area contributed by atoms with E-state index in [1.54, 1.807) is 27.7 Å². The summed E-state index contributed by atoms with van der Waals surface area (Å²) in [6.07, 6.45) is 0.0227. The second-order valence-corrected chi connectivity index (χ2v) is 12.8. The number of piperazine rings is 1. The number of halogens is 1. The van der Waals surface area contributed by atoms with Crippen LogP contribution in [0, 0.1) is 5.82 Å². The molecule has 2 saturated heterocycles. The van der Waals surface area contributed by atoms with Crippen LogP contribution < -0.4 is 10.1 Å². The number of aromatic nitrogens is 2. The molecule has 2 unspecified atom stereocenters. The van der Waals surface area contributed by atoms with Gasteiger partial charge in [0.1, 0.15) is 23.5 Å². The first-order valence-corrected chi connectivity index (χ1v) is 16.4. The third-order valence-corrected chi connectivity index (χ3v) is 7.94. The Labute approximate surface area is 288 Å². The molecule has 2 aromatic rings. The number of nitrogens with one attached hydrogen (secondary N) is 1. The largest absolute Gasteiger partial charge is 0.480 e. The smallest absolute Gasteiger partial charge is 0.409 e. The second-order valence-electron chi connectivity index (χ2n) is 12.8. The molecule has 2 aliphatic rings. The summed E-state index contributed by atoms with van der Waals surface area (Å²) >= 11 is 0. The molecule has 0 radical (unpaired) electrons. The van der Waals surface area contributed by atoms with Gasteiger partial charge < -0.3 is 39.3 Å². The molecule has 50 heavy (non-hydrogen) atoms. The van der Waals surface area contributed by atoms with E-state index in [4.69, 9.17) is 14.2 Å². The van der Waals surface area contributed by atoms with Gasteiger partial charge in [0.05, 0.1) is 12.3 Å². The normalized spacial score (nSPS) is 16.8. The first-order valence-electron chi connectivity index (χ1n) is 16.4. The lowest BCUT2D eigenvalue weighted by atomic mass is 10.1. The number of carbonyl (C=O) groups is 6. The van der Waals surface area contributed by atoms with E-state index < -0.39 is 65.9 Å². The van der Waals surface area contributed by atoms with E-state index in [-0.39, 0.29) is 69.4 Å². The molecule has 17 heteroatoms. The fraction of sp³-hybridized carbons (Fsp3) is 0.545. The molecule has 0 saturated carbocycles. The monoisotopic (exact) mass is 702 g/mol. The van der Waals surface area contributed by atoms with Crippen molar-refractivity contribution in [1.82, 2.24) is 29.8 Å². The van der Waals surface area contributed by atoms with Crippen LogP contribution in [0.5, 0.6) is 5.88 Å². The van der Waals surface area contributed by atoms with Crippen LogP contribution in [0.4, 0.5) is 9.18 Å². The van der Waals surface area contributed by atoms with Crippen molar-refractivity contribution >= 4 is 35.8 Å². The fourth-order valence-corrected chi connectivity index (χ4v) is 5.60. The summed E-state index contributed by atoms with van der Waals surface area (Å²) in [4.78, 5) is 80.7. The summed E-state index contributed by atoms with van der Waals surface area (Å²) in [7, 11) is 0. The second kappa shape index (κ2) is 16.5. The molecule has 1 aromatic heterocycles. The molecule has 3 heterocycles. The highest BCUT2D eigenvalue weighted by molar-refractivity contribution is 5.96. The highest BCUT2D eigenvalue weighted by Crippen LogP contribution is 2.23. The maximum Gasteiger partial charge on any atom is 0.409 e. The lowest BCUT2D eigenvalue weighted by molar-refractivity contribution is -0.155. The number of hydrogen-bond donors (Lipinski definition) is 2. The number of aliphatic carboxylic acids is 1. The highest BCUT2D eigenvalue weighted by Gasteiger charge is 2.35. The Kier molecular flexibility index (Phi) is 12.4. The molecule has 2 atom stereocenters. The zero-order valence-electron chi connectivity index (χ0n) is 28.6. The van der Waals surface area contributed by atoms with E-state index in [0.717, 1.165) is 10.7 Å². The molecular weight excluding hydrogens is 659 g/mol.